The van der Waals surface area contributed by atoms with E-state index in [1.807, 2.05) is 44.2 Å². The predicted octanol–water partition coefficient (Wildman–Crippen LogP) is 6.62. The summed E-state index contributed by atoms with van der Waals surface area (Å²) in [6.45, 7) is 7.97. The van der Waals surface area contributed by atoms with E-state index in [2.05, 4.69) is 13.8 Å². The lowest BCUT2D eigenvalue weighted by atomic mass is 10.0. The normalized spacial score (nSPS) is 15.1. The smallest absolute Gasteiger partial charge is 0.449 e. The first-order valence-corrected chi connectivity index (χ1v) is 11.7. The summed E-state index contributed by atoms with van der Waals surface area (Å²) in [6.07, 6.45) is 1.55. The minimum atomic E-state index is -3.73. The Morgan fingerprint density at radius 1 is 0.700 bits per heavy atom. The molecule has 3 aromatic carbocycles. The molecule has 0 unspecified atom stereocenters. The second-order valence-electron chi connectivity index (χ2n) is 7.61. The molecule has 154 valence electrons. The van der Waals surface area contributed by atoms with Gasteiger partial charge < -0.3 is 18.5 Å². The van der Waals surface area contributed by atoms with E-state index in [0.717, 1.165) is 35.1 Å². The summed E-state index contributed by atoms with van der Waals surface area (Å²) < 4.78 is 39.2. The molecule has 5 rings (SSSR count). The number of hydrogen-bond acceptors (Lipinski definition) is 5. The van der Waals surface area contributed by atoms with Crippen LogP contribution in [0.25, 0.3) is 0 Å². The van der Waals surface area contributed by atoms with Gasteiger partial charge in [0, 0.05) is 0 Å². The summed E-state index contributed by atoms with van der Waals surface area (Å²) in [5.41, 5.74) is 3.68. The van der Waals surface area contributed by atoms with Gasteiger partial charge in [-0.1, -0.05) is 32.0 Å². The molecule has 2 aliphatic heterocycles. The minimum Gasteiger partial charge on any atom is -0.449 e. The molecule has 0 saturated carbocycles. The highest BCUT2D eigenvalue weighted by atomic mass is 31.2. The Morgan fingerprint density at radius 3 is 1.63 bits per heavy atom. The fourth-order valence-corrected chi connectivity index (χ4v) is 5.70. The van der Waals surface area contributed by atoms with Crippen LogP contribution in [-0.2, 0) is 17.4 Å². The first-order chi connectivity index (χ1) is 14.4. The van der Waals surface area contributed by atoms with Crippen LogP contribution in [0.5, 0.6) is 34.5 Å². The molecule has 6 heteroatoms. The maximum Gasteiger partial charge on any atom is 0.463 e. The van der Waals surface area contributed by atoms with Crippen LogP contribution in [0.4, 0.5) is 0 Å². The first-order valence-electron chi connectivity index (χ1n) is 10.2. The van der Waals surface area contributed by atoms with Crippen LogP contribution < -0.4 is 23.8 Å². The largest absolute Gasteiger partial charge is 0.463 e. The van der Waals surface area contributed by atoms with Gasteiger partial charge in [-0.25, -0.2) is 4.57 Å². The van der Waals surface area contributed by atoms with Gasteiger partial charge in [-0.3, -0.25) is 0 Å². The minimum absolute atomic E-state index is 0.394. The highest BCUT2D eigenvalue weighted by Gasteiger charge is 2.41. The Kier molecular flexibility index (Phi) is 4.33. The molecule has 0 saturated heterocycles. The summed E-state index contributed by atoms with van der Waals surface area (Å²) in [6, 6.07) is 13.0. The molecular weight excluding hydrogens is 399 g/mol. The molecule has 5 nitrogen and oxygen atoms in total. The van der Waals surface area contributed by atoms with Crippen molar-refractivity contribution < 1.29 is 23.1 Å². The van der Waals surface area contributed by atoms with Gasteiger partial charge >= 0.3 is 7.60 Å². The zero-order chi connectivity index (χ0) is 21.0. The van der Waals surface area contributed by atoms with Crippen molar-refractivity contribution in [1.29, 1.82) is 0 Å². The number of benzene rings is 3. The Bertz CT molecular complexity index is 1150. The Morgan fingerprint density at radius 2 is 1.17 bits per heavy atom. The van der Waals surface area contributed by atoms with Crippen LogP contribution in [-0.4, -0.2) is 0 Å². The summed E-state index contributed by atoms with van der Waals surface area (Å²) in [4.78, 5) is 0. The van der Waals surface area contributed by atoms with Crippen molar-refractivity contribution in [2.24, 2.45) is 0 Å². The molecule has 0 atom stereocenters. The van der Waals surface area contributed by atoms with Crippen LogP contribution >= 0.6 is 7.60 Å². The van der Waals surface area contributed by atoms with E-state index in [0.29, 0.717) is 39.8 Å². The molecule has 30 heavy (non-hydrogen) atoms. The van der Waals surface area contributed by atoms with Crippen LogP contribution in [0.2, 0.25) is 0 Å². The fraction of sp³-hybridized carbons (Fsp3) is 0.250. The van der Waals surface area contributed by atoms with Crippen molar-refractivity contribution in [2.45, 2.75) is 40.5 Å². The standard InChI is InChI=1S/C24H23O5P/c1-5-16-12-14(3)19-23-21(16)26-22-17(6-2)13-15(4)20(24(22)27-23)29-30(25,28-19)18-10-8-7-9-11-18/h7-13H,5-6H2,1-4H3. The number of rotatable bonds is 3. The van der Waals surface area contributed by atoms with Crippen molar-refractivity contribution in [3.63, 3.8) is 0 Å². The zero-order valence-corrected chi connectivity index (χ0v) is 18.3. The van der Waals surface area contributed by atoms with E-state index in [9.17, 15) is 4.57 Å². The van der Waals surface area contributed by atoms with Gasteiger partial charge in [-0.15, -0.1) is 0 Å². The molecule has 2 heterocycles. The van der Waals surface area contributed by atoms with Crippen molar-refractivity contribution in [3.05, 3.63) is 64.7 Å². The maximum absolute atomic E-state index is 14.1. The van der Waals surface area contributed by atoms with E-state index < -0.39 is 7.60 Å². The molecule has 0 fully saturated rings. The molecule has 2 bridgehead atoms. The predicted molar refractivity (Wildman–Crippen MR) is 116 cm³/mol. The maximum atomic E-state index is 14.1. The van der Waals surface area contributed by atoms with Crippen molar-refractivity contribution in [3.8, 4) is 34.5 Å². The van der Waals surface area contributed by atoms with Crippen LogP contribution in [0.15, 0.2) is 42.5 Å². The number of aryl methyl sites for hydroxylation is 4. The average Bonchev–Trinajstić information content (AvgIpc) is 2.75. The lowest BCUT2D eigenvalue weighted by Gasteiger charge is -2.33. The van der Waals surface area contributed by atoms with E-state index in [1.54, 1.807) is 12.1 Å². The average molecular weight is 422 g/mol. The number of ether oxygens (including phenoxy) is 2. The van der Waals surface area contributed by atoms with Crippen molar-refractivity contribution in [1.82, 2.24) is 0 Å². The fourth-order valence-electron chi connectivity index (χ4n) is 3.98. The summed E-state index contributed by atoms with van der Waals surface area (Å²) >= 11 is 0. The Hall–Kier alpha value is -2.91. The van der Waals surface area contributed by atoms with Gasteiger partial charge in [0.05, 0.1) is 5.30 Å². The van der Waals surface area contributed by atoms with Crippen molar-refractivity contribution in [2.75, 3.05) is 0 Å². The Labute approximate surface area is 176 Å². The molecular formula is C24H23O5P. The molecule has 2 aliphatic rings. The number of hydrogen-bond donors (Lipinski definition) is 0. The van der Waals surface area contributed by atoms with Crippen molar-refractivity contribution >= 4 is 12.9 Å². The topological polar surface area (TPSA) is 54.0 Å². The van der Waals surface area contributed by atoms with Gasteiger partial charge in [0.15, 0.2) is 23.0 Å². The highest BCUT2D eigenvalue weighted by Crippen LogP contribution is 2.64. The van der Waals surface area contributed by atoms with Gasteiger partial charge in [0.1, 0.15) is 0 Å². The molecule has 0 radical (unpaired) electrons. The Balaban J connectivity index is 1.85. The molecule has 0 aromatic heterocycles. The quantitative estimate of drug-likeness (QED) is 0.348. The third kappa shape index (κ3) is 2.73. The molecule has 0 amide bonds. The molecule has 0 spiro atoms. The molecule has 3 aromatic rings. The van der Waals surface area contributed by atoms with Gasteiger partial charge in [-0.05, 0) is 73.2 Å². The van der Waals surface area contributed by atoms with Gasteiger partial charge in [0.2, 0.25) is 11.5 Å². The molecule has 0 aliphatic carbocycles. The lowest BCUT2D eigenvalue weighted by molar-refractivity contribution is 0.306. The van der Waals surface area contributed by atoms with Crippen LogP contribution in [0.3, 0.4) is 0 Å². The lowest BCUT2D eigenvalue weighted by Crippen LogP contribution is -2.19. The van der Waals surface area contributed by atoms with Gasteiger partial charge in [-0.2, -0.15) is 0 Å². The third-order valence-corrected chi connectivity index (χ3v) is 7.35. The molecule has 0 N–H and O–H groups in total. The van der Waals surface area contributed by atoms with E-state index in [-0.39, 0.29) is 0 Å². The monoisotopic (exact) mass is 422 g/mol. The van der Waals surface area contributed by atoms with Crippen LogP contribution in [0.1, 0.15) is 36.1 Å². The highest BCUT2D eigenvalue weighted by molar-refractivity contribution is 7.63. The second-order valence-corrected chi connectivity index (χ2v) is 9.48. The first kappa shape index (κ1) is 19.1. The summed E-state index contributed by atoms with van der Waals surface area (Å²) in [5.74, 6) is 2.96. The van der Waals surface area contributed by atoms with E-state index in [4.69, 9.17) is 18.5 Å². The third-order valence-electron chi connectivity index (χ3n) is 5.57. The van der Waals surface area contributed by atoms with E-state index >= 15 is 0 Å². The van der Waals surface area contributed by atoms with Gasteiger partial charge in [0.25, 0.3) is 0 Å². The zero-order valence-electron chi connectivity index (χ0n) is 17.4. The summed E-state index contributed by atoms with van der Waals surface area (Å²) in [7, 11) is -3.73. The SMILES string of the molecule is CCc1cc(C)c2c3c1Oc1c(CC)cc(C)c(c1O3)OP(=O)(c1ccccc1)O2. The van der Waals surface area contributed by atoms with Crippen LogP contribution in [0, 0.1) is 13.8 Å². The second kappa shape index (κ2) is 6.82. The summed E-state index contributed by atoms with van der Waals surface area (Å²) in [5, 5.41) is 0.492. The van der Waals surface area contributed by atoms with E-state index in [1.165, 1.54) is 0 Å².